The second-order valence-electron chi connectivity index (χ2n) is 12.7. The highest BCUT2D eigenvalue weighted by atomic mass is 32.2. The van der Waals surface area contributed by atoms with Gasteiger partial charge in [-0.05, 0) is 68.0 Å². The molecule has 4 rings (SSSR count). The van der Waals surface area contributed by atoms with Gasteiger partial charge in [0.05, 0.1) is 10.5 Å². The van der Waals surface area contributed by atoms with Crippen molar-refractivity contribution < 1.29 is 50.2 Å². The predicted octanol–water partition coefficient (Wildman–Crippen LogP) is 6.64. The lowest BCUT2D eigenvalue weighted by Gasteiger charge is -2.30. The van der Waals surface area contributed by atoms with Crippen LogP contribution in [0.5, 0.6) is 0 Å². The SMILES string of the molecule is CC(C)(C)OP(=O)(O)C(F)(F)c1ccc(CC(Cc2ccc(S(N)(=O)=O)cc2)(C(=O)OCc2ccccc2)C(=O)OCc2ccccc2)cc1. The number of ether oxygens (including phenoxy) is 2. The minimum Gasteiger partial charge on any atom is -0.460 e. The van der Waals surface area contributed by atoms with Gasteiger partial charge in [-0.15, -0.1) is 0 Å². The number of carbonyl (C=O) groups excluding carboxylic acids is 2. The lowest BCUT2D eigenvalue weighted by atomic mass is 9.76. The summed E-state index contributed by atoms with van der Waals surface area (Å²) in [6, 6.07) is 26.9. The van der Waals surface area contributed by atoms with Crippen molar-refractivity contribution in [1.82, 2.24) is 0 Å². The molecule has 50 heavy (non-hydrogen) atoms. The molecule has 0 aromatic heterocycles. The van der Waals surface area contributed by atoms with Crippen molar-refractivity contribution in [3.8, 4) is 0 Å². The number of hydrogen-bond donors (Lipinski definition) is 2. The van der Waals surface area contributed by atoms with E-state index in [0.717, 1.165) is 12.1 Å². The Morgan fingerprint density at radius 3 is 1.48 bits per heavy atom. The quantitative estimate of drug-likeness (QED) is 0.0824. The molecular formula is C36H38F2NO9PS. The topological polar surface area (TPSA) is 159 Å². The molecule has 0 radical (unpaired) electrons. The molecule has 0 aliphatic rings. The first kappa shape index (κ1) is 38.5. The zero-order valence-electron chi connectivity index (χ0n) is 27.6. The molecule has 4 aromatic rings. The smallest absolute Gasteiger partial charge is 0.402 e. The number of alkyl halides is 2. The number of sulfonamides is 1. The fraction of sp³-hybridized carbons (Fsp3) is 0.278. The molecule has 0 bridgehead atoms. The van der Waals surface area contributed by atoms with Gasteiger partial charge in [-0.1, -0.05) is 97.1 Å². The fourth-order valence-corrected chi connectivity index (χ4v) is 6.91. The van der Waals surface area contributed by atoms with Crippen LogP contribution in [0.2, 0.25) is 0 Å². The van der Waals surface area contributed by atoms with Gasteiger partial charge in [0.1, 0.15) is 13.2 Å². The summed E-state index contributed by atoms with van der Waals surface area (Å²) in [5.41, 5.74) is -6.76. The van der Waals surface area contributed by atoms with Gasteiger partial charge >= 0.3 is 25.2 Å². The van der Waals surface area contributed by atoms with Gasteiger partial charge in [0, 0.05) is 5.56 Å². The molecule has 0 heterocycles. The molecule has 0 amide bonds. The lowest BCUT2D eigenvalue weighted by molar-refractivity contribution is -0.174. The number of esters is 2. The summed E-state index contributed by atoms with van der Waals surface area (Å²) < 4.78 is 83.2. The molecule has 4 aromatic carbocycles. The summed E-state index contributed by atoms with van der Waals surface area (Å²) in [5, 5.41) is 5.25. The maximum Gasteiger partial charge on any atom is 0.402 e. The standard InChI is InChI=1S/C36H38F2NO9PS/c1-34(2,3)48-49(42,43)36(37,38)30-18-14-26(15-19-30)22-35(32(40)46-24-28-10-6-4-7-11-28,33(41)47-25-29-12-8-5-9-13-29)23-27-16-20-31(21-17-27)50(39,44)45/h4-21H,22-25H2,1-3H3,(H,42,43)(H2,39,44,45). The maximum atomic E-state index is 15.3. The molecular weight excluding hydrogens is 691 g/mol. The summed E-state index contributed by atoms with van der Waals surface area (Å²) in [4.78, 5) is 38.3. The second kappa shape index (κ2) is 15.3. The summed E-state index contributed by atoms with van der Waals surface area (Å²) in [6.07, 6.45) is -0.755. The van der Waals surface area contributed by atoms with Gasteiger partial charge in [-0.3, -0.25) is 18.7 Å². The number of rotatable bonds is 14. The van der Waals surface area contributed by atoms with Crippen LogP contribution in [0.1, 0.15) is 48.6 Å². The van der Waals surface area contributed by atoms with E-state index in [4.69, 9.17) is 19.1 Å². The summed E-state index contributed by atoms with van der Waals surface area (Å²) in [6.45, 7) is 3.69. The van der Waals surface area contributed by atoms with Gasteiger partial charge in [0.2, 0.25) is 10.0 Å². The number of benzene rings is 4. The van der Waals surface area contributed by atoms with Crippen LogP contribution in [0.15, 0.2) is 114 Å². The number of primary sulfonamides is 1. The highest BCUT2D eigenvalue weighted by Gasteiger charge is 2.54. The van der Waals surface area contributed by atoms with Crippen molar-refractivity contribution in [2.24, 2.45) is 10.6 Å². The number of hydrogen-bond acceptors (Lipinski definition) is 8. The highest BCUT2D eigenvalue weighted by molar-refractivity contribution is 7.89. The Balaban J connectivity index is 1.77. The van der Waals surface area contributed by atoms with Crippen LogP contribution in [0.3, 0.4) is 0 Å². The third kappa shape index (κ3) is 9.70. The van der Waals surface area contributed by atoms with E-state index in [0.29, 0.717) is 16.7 Å². The van der Waals surface area contributed by atoms with Gasteiger partial charge in [0.15, 0.2) is 5.41 Å². The molecule has 3 N–H and O–H groups in total. The number of halogens is 2. The minimum absolute atomic E-state index is 0.196. The van der Waals surface area contributed by atoms with Crippen molar-refractivity contribution >= 4 is 29.6 Å². The average molecular weight is 730 g/mol. The number of nitrogens with two attached hydrogens (primary N) is 1. The monoisotopic (exact) mass is 729 g/mol. The Bertz CT molecular complexity index is 1880. The second-order valence-corrected chi connectivity index (χ2v) is 16.1. The zero-order chi connectivity index (χ0) is 36.8. The Morgan fingerprint density at radius 2 is 1.10 bits per heavy atom. The predicted molar refractivity (Wildman–Crippen MR) is 181 cm³/mol. The van der Waals surface area contributed by atoms with Crippen molar-refractivity contribution in [3.05, 3.63) is 137 Å². The fourth-order valence-electron chi connectivity index (χ4n) is 5.07. The van der Waals surface area contributed by atoms with Gasteiger partial charge in [0.25, 0.3) is 0 Å². The molecule has 266 valence electrons. The third-order valence-corrected chi connectivity index (χ3v) is 10.2. The minimum atomic E-state index is -5.50. The van der Waals surface area contributed by atoms with Crippen molar-refractivity contribution in [3.63, 3.8) is 0 Å². The first-order valence-electron chi connectivity index (χ1n) is 15.4. The molecule has 0 saturated carbocycles. The van der Waals surface area contributed by atoms with E-state index in [9.17, 15) is 27.5 Å². The third-order valence-electron chi connectivity index (χ3n) is 7.52. The summed E-state index contributed by atoms with van der Waals surface area (Å²) >= 11 is 0. The van der Waals surface area contributed by atoms with Crippen LogP contribution >= 0.6 is 7.60 Å². The van der Waals surface area contributed by atoms with E-state index >= 15 is 8.78 Å². The number of carbonyl (C=O) groups is 2. The van der Waals surface area contributed by atoms with E-state index < -0.39 is 58.2 Å². The molecule has 0 saturated heterocycles. The summed E-state index contributed by atoms with van der Waals surface area (Å²) in [7, 11) is -9.55. The molecule has 10 nitrogen and oxygen atoms in total. The normalized spacial score (nSPS) is 13.7. The Labute approximate surface area is 289 Å². The van der Waals surface area contributed by atoms with E-state index in [1.165, 1.54) is 57.2 Å². The Hall–Kier alpha value is -4.26. The summed E-state index contributed by atoms with van der Waals surface area (Å²) in [5.74, 6) is -1.97. The molecule has 1 unspecified atom stereocenters. The van der Waals surface area contributed by atoms with Crippen LogP contribution in [-0.4, -0.2) is 30.9 Å². The molecule has 0 spiro atoms. The van der Waals surface area contributed by atoms with Crippen LogP contribution in [-0.2, 0) is 69.9 Å². The first-order valence-corrected chi connectivity index (χ1v) is 18.5. The first-order chi connectivity index (χ1) is 23.3. The van der Waals surface area contributed by atoms with Crippen molar-refractivity contribution in [1.29, 1.82) is 0 Å². The van der Waals surface area contributed by atoms with E-state index in [2.05, 4.69) is 0 Å². The Morgan fingerprint density at radius 1 is 0.700 bits per heavy atom. The van der Waals surface area contributed by atoms with Crippen LogP contribution in [0.25, 0.3) is 0 Å². The largest absolute Gasteiger partial charge is 0.460 e. The van der Waals surface area contributed by atoms with E-state index in [1.54, 1.807) is 60.7 Å². The molecule has 0 aliphatic heterocycles. The highest BCUT2D eigenvalue weighted by Crippen LogP contribution is 2.64. The lowest BCUT2D eigenvalue weighted by Crippen LogP contribution is -2.45. The van der Waals surface area contributed by atoms with Crippen LogP contribution in [0, 0.1) is 5.41 Å². The van der Waals surface area contributed by atoms with Crippen LogP contribution in [0.4, 0.5) is 8.78 Å². The van der Waals surface area contributed by atoms with Gasteiger partial charge < -0.3 is 14.4 Å². The maximum absolute atomic E-state index is 15.3. The molecule has 0 aliphatic carbocycles. The van der Waals surface area contributed by atoms with Crippen molar-refractivity contribution in [2.45, 2.75) is 63.0 Å². The molecule has 14 heteroatoms. The Kier molecular flexibility index (Phi) is 11.8. The molecule has 0 fully saturated rings. The van der Waals surface area contributed by atoms with Crippen LogP contribution < -0.4 is 5.14 Å². The van der Waals surface area contributed by atoms with Gasteiger partial charge in [-0.2, -0.15) is 8.78 Å². The van der Waals surface area contributed by atoms with Gasteiger partial charge in [-0.25, -0.2) is 13.6 Å². The van der Waals surface area contributed by atoms with E-state index in [1.807, 2.05) is 0 Å². The average Bonchev–Trinajstić information content (AvgIpc) is 3.05. The van der Waals surface area contributed by atoms with Crippen molar-refractivity contribution in [2.75, 3.05) is 0 Å². The van der Waals surface area contributed by atoms with E-state index in [-0.39, 0.29) is 30.1 Å². The molecule has 1 atom stereocenters. The zero-order valence-corrected chi connectivity index (χ0v) is 29.3.